The second-order valence-corrected chi connectivity index (χ2v) is 8.91. The molecule has 1 unspecified atom stereocenters. The van der Waals surface area contributed by atoms with Crippen LogP contribution in [0.4, 0.5) is 0 Å². The number of carbonyl (C=O) groups excluding carboxylic acids is 1. The summed E-state index contributed by atoms with van der Waals surface area (Å²) in [5, 5.41) is 8.16. The Labute approximate surface area is 190 Å². The van der Waals surface area contributed by atoms with Gasteiger partial charge in [-0.05, 0) is 19.1 Å². The number of piperidine rings is 1. The maximum atomic E-state index is 12.7. The van der Waals surface area contributed by atoms with Gasteiger partial charge in [-0.1, -0.05) is 48.5 Å². The number of para-hydroxylation sites is 1. The van der Waals surface area contributed by atoms with Crippen LogP contribution >= 0.6 is 0 Å². The molecule has 1 aliphatic heterocycles. The number of rotatable bonds is 8. The highest BCUT2D eigenvalue weighted by molar-refractivity contribution is 5.77. The van der Waals surface area contributed by atoms with Crippen molar-refractivity contribution in [3.8, 4) is 16.9 Å². The van der Waals surface area contributed by atoms with Gasteiger partial charge in [0.15, 0.2) is 6.54 Å². The molecule has 1 saturated heterocycles. The molecule has 1 amide bonds. The maximum Gasteiger partial charge on any atom is 0.275 e. The van der Waals surface area contributed by atoms with Crippen LogP contribution in [0.2, 0.25) is 0 Å². The van der Waals surface area contributed by atoms with Crippen LogP contribution in [-0.2, 0) is 11.3 Å². The summed E-state index contributed by atoms with van der Waals surface area (Å²) in [5.74, 6) is 0.143. The first-order valence-electron chi connectivity index (χ1n) is 11.8. The van der Waals surface area contributed by atoms with E-state index in [1.165, 1.54) is 6.54 Å². The summed E-state index contributed by atoms with van der Waals surface area (Å²) in [7, 11) is 2.08. The van der Waals surface area contributed by atoms with Crippen LogP contribution < -0.4 is 15.1 Å². The number of benzene rings is 2. The molecule has 168 valence electrons. The van der Waals surface area contributed by atoms with Gasteiger partial charge in [0.25, 0.3) is 5.91 Å². The van der Waals surface area contributed by atoms with Crippen LogP contribution in [0.5, 0.6) is 0 Å². The topological polar surface area (TPSA) is 55.8 Å². The largest absolute Gasteiger partial charge is 0.348 e. The van der Waals surface area contributed by atoms with Crippen molar-refractivity contribution < 1.29 is 14.6 Å². The summed E-state index contributed by atoms with van der Waals surface area (Å²) >= 11 is 0. The van der Waals surface area contributed by atoms with E-state index in [1.807, 2.05) is 41.1 Å². The molecule has 1 aliphatic rings. The fourth-order valence-corrected chi connectivity index (χ4v) is 4.56. The van der Waals surface area contributed by atoms with Crippen LogP contribution in [0, 0.1) is 0 Å². The van der Waals surface area contributed by atoms with E-state index in [-0.39, 0.29) is 5.91 Å². The van der Waals surface area contributed by atoms with Crippen LogP contribution in [0.25, 0.3) is 16.9 Å². The zero-order valence-electron chi connectivity index (χ0n) is 19.2. The third-order valence-electron chi connectivity index (χ3n) is 6.37. The van der Waals surface area contributed by atoms with Gasteiger partial charge in [-0.15, -0.1) is 0 Å². The van der Waals surface area contributed by atoms with Crippen molar-refractivity contribution in [3.05, 3.63) is 72.4 Å². The van der Waals surface area contributed by atoms with E-state index in [4.69, 9.17) is 5.10 Å². The van der Waals surface area contributed by atoms with E-state index in [9.17, 15) is 4.79 Å². The molecule has 0 radical (unpaired) electrons. The number of quaternary nitrogens is 2. The van der Waals surface area contributed by atoms with Crippen molar-refractivity contribution in [2.75, 3.05) is 33.2 Å². The lowest BCUT2D eigenvalue weighted by Crippen LogP contribution is -3.13. The molecule has 0 saturated carbocycles. The highest BCUT2D eigenvalue weighted by Gasteiger charge is 2.24. The summed E-state index contributed by atoms with van der Waals surface area (Å²) in [5.41, 5.74) is 4.25. The van der Waals surface area contributed by atoms with Crippen molar-refractivity contribution in [2.24, 2.45) is 0 Å². The molecule has 2 heterocycles. The molecule has 1 atom stereocenters. The van der Waals surface area contributed by atoms with Gasteiger partial charge in [0, 0.05) is 30.6 Å². The van der Waals surface area contributed by atoms with E-state index in [1.54, 1.807) is 4.90 Å². The summed E-state index contributed by atoms with van der Waals surface area (Å²) in [6.45, 7) is 6.92. The molecule has 6 nitrogen and oxygen atoms in total. The number of likely N-dealkylation sites (N-methyl/N-ethyl adjacent to an activating group) is 1. The van der Waals surface area contributed by atoms with Gasteiger partial charge in [-0.3, -0.25) is 4.79 Å². The summed E-state index contributed by atoms with van der Waals surface area (Å²) in [4.78, 5) is 15.5. The Balaban J connectivity index is 1.43. The number of hydrogen-bond donors (Lipinski definition) is 3. The minimum absolute atomic E-state index is 0.143. The zero-order valence-corrected chi connectivity index (χ0v) is 19.2. The SMILES string of the molecule is CC[NH+]1CCC(NC(=O)C[NH+](C)Cc2cn(-c3ccccc3)nc2-c2ccccc2)CC1. The third kappa shape index (κ3) is 5.64. The minimum Gasteiger partial charge on any atom is -0.348 e. The Bertz CT molecular complexity index is 994. The molecule has 1 aromatic heterocycles. The zero-order chi connectivity index (χ0) is 22.3. The standard InChI is InChI=1S/C26H33N5O/c1-3-30-16-14-23(15-17-30)27-25(32)20-29(2)18-22-19-31(24-12-8-5-9-13-24)28-26(22)21-10-6-4-7-11-21/h4-13,19,23H,3,14-18,20H2,1-2H3,(H,27,32)/p+2. The van der Waals surface area contributed by atoms with E-state index in [2.05, 4.69) is 49.8 Å². The summed E-state index contributed by atoms with van der Waals surface area (Å²) < 4.78 is 1.94. The van der Waals surface area contributed by atoms with E-state index in [0.717, 1.165) is 59.9 Å². The Kier molecular flexibility index (Phi) is 7.35. The number of amides is 1. The van der Waals surface area contributed by atoms with Crippen LogP contribution in [0.1, 0.15) is 25.3 Å². The molecule has 0 aliphatic carbocycles. The van der Waals surface area contributed by atoms with E-state index < -0.39 is 0 Å². The van der Waals surface area contributed by atoms with Crippen molar-refractivity contribution in [1.82, 2.24) is 15.1 Å². The first kappa shape index (κ1) is 22.2. The van der Waals surface area contributed by atoms with Crippen LogP contribution in [0.3, 0.4) is 0 Å². The molecule has 3 N–H and O–H groups in total. The molecular weight excluding hydrogens is 398 g/mol. The van der Waals surface area contributed by atoms with Crippen molar-refractivity contribution in [1.29, 1.82) is 0 Å². The second-order valence-electron chi connectivity index (χ2n) is 8.91. The molecule has 3 aromatic rings. The quantitative estimate of drug-likeness (QED) is 0.491. The van der Waals surface area contributed by atoms with Crippen LogP contribution in [0.15, 0.2) is 66.9 Å². The normalized spacial score (nSPS) is 19.4. The van der Waals surface area contributed by atoms with Crippen LogP contribution in [-0.4, -0.2) is 55.0 Å². The molecule has 6 heteroatoms. The lowest BCUT2D eigenvalue weighted by molar-refractivity contribution is -0.903. The van der Waals surface area contributed by atoms with Crippen molar-refractivity contribution in [2.45, 2.75) is 32.4 Å². The van der Waals surface area contributed by atoms with Gasteiger partial charge in [0.05, 0.1) is 37.9 Å². The van der Waals surface area contributed by atoms with Gasteiger partial charge in [0.2, 0.25) is 0 Å². The number of hydrogen-bond acceptors (Lipinski definition) is 2. The smallest absolute Gasteiger partial charge is 0.275 e. The highest BCUT2D eigenvalue weighted by atomic mass is 16.2. The first-order chi connectivity index (χ1) is 15.6. The van der Waals surface area contributed by atoms with Crippen molar-refractivity contribution >= 4 is 5.91 Å². The Hall–Kier alpha value is -2.96. The van der Waals surface area contributed by atoms with Gasteiger partial charge < -0.3 is 15.1 Å². The second kappa shape index (κ2) is 10.6. The number of nitrogens with zero attached hydrogens (tertiary/aromatic N) is 2. The molecule has 0 spiro atoms. The lowest BCUT2D eigenvalue weighted by atomic mass is 10.1. The molecule has 2 aromatic carbocycles. The predicted octanol–water partition coefficient (Wildman–Crippen LogP) is 0.737. The monoisotopic (exact) mass is 433 g/mol. The number of nitrogens with one attached hydrogen (secondary N) is 3. The fourth-order valence-electron chi connectivity index (χ4n) is 4.56. The molecular formula is C26H35N5O+2. The maximum absolute atomic E-state index is 12.7. The van der Waals surface area contributed by atoms with Gasteiger partial charge >= 0.3 is 0 Å². The van der Waals surface area contributed by atoms with Gasteiger partial charge in [0.1, 0.15) is 12.2 Å². The summed E-state index contributed by atoms with van der Waals surface area (Å²) in [6, 6.07) is 20.8. The molecule has 4 rings (SSSR count). The average Bonchev–Trinajstić information content (AvgIpc) is 3.24. The molecule has 0 bridgehead atoms. The number of likely N-dealkylation sites (tertiary alicyclic amines) is 1. The summed E-state index contributed by atoms with van der Waals surface area (Å²) in [6.07, 6.45) is 4.26. The Morgan fingerprint density at radius 2 is 1.75 bits per heavy atom. The first-order valence-corrected chi connectivity index (χ1v) is 11.8. The van der Waals surface area contributed by atoms with E-state index >= 15 is 0 Å². The van der Waals surface area contributed by atoms with Gasteiger partial charge in [-0.25, -0.2) is 4.68 Å². The van der Waals surface area contributed by atoms with Crippen molar-refractivity contribution in [3.63, 3.8) is 0 Å². The predicted molar refractivity (Wildman–Crippen MR) is 127 cm³/mol. The Morgan fingerprint density at radius 3 is 2.41 bits per heavy atom. The van der Waals surface area contributed by atoms with Gasteiger partial charge in [-0.2, -0.15) is 5.10 Å². The number of aromatic nitrogens is 2. The highest BCUT2D eigenvalue weighted by Crippen LogP contribution is 2.23. The van der Waals surface area contributed by atoms with E-state index in [0.29, 0.717) is 12.6 Å². The Morgan fingerprint density at radius 1 is 1.09 bits per heavy atom. The fraction of sp³-hybridized carbons (Fsp3) is 0.385. The average molecular weight is 434 g/mol. The minimum atomic E-state index is 0.143. The lowest BCUT2D eigenvalue weighted by Gasteiger charge is -2.29. The molecule has 1 fully saturated rings. The molecule has 32 heavy (non-hydrogen) atoms. The number of carbonyl (C=O) groups is 1. The third-order valence-corrected chi connectivity index (χ3v) is 6.37.